The number of likely N-dealkylation sites (tertiary alicyclic amines) is 1. The summed E-state index contributed by atoms with van der Waals surface area (Å²) < 4.78 is 0. The van der Waals surface area contributed by atoms with Crippen molar-refractivity contribution >= 4 is 28.3 Å². The molecule has 5 heteroatoms. The van der Waals surface area contributed by atoms with Crippen molar-refractivity contribution in [2.75, 3.05) is 18.5 Å². The first-order valence-electron chi connectivity index (χ1n) is 8.41. The van der Waals surface area contributed by atoms with E-state index < -0.39 is 11.8 Å². The highest BCUT2D eigenvalue weighted by Crippen LogP contribution is 2.24. The Morgan fingerprint density at radius 2 is 1.92 bits per heavy atom. The second-order valence-electron chi connectivity index (χ2n) is 6.14. The van der Waals surface area contributed by atoms with Crippen LogP contribution < -0.4 is 5.32 Å². The van der Waals surface area contributed by atoms with Gasteiger partial charge in [0, 0.05) is 30.3 Å². The van der Waals surface area contributed by atoms with Crippen LogP contribution in [0.5, 0.6) is 0 Å². The first kappa shape index (κ1) is 16.5. The lowest BCUT2D eigenvalue weighted by atomic mass is 9.99. The number of aliphatic hydroxyl groups excluding tert-OH is 1. The number of hydrogen-bond acceptors (Lipinski definition) is 3. The van der Waals surface area contributed by atoms with Crippen molar-refractivity contribution in [2.24, 2.45) is 0 Å². The number of benzene rings is 2. The normalized spacial score (nSPS) is 17.7. The number of aliphatic hydroxyl groups is 1. The van der Waals surface area contributed by atoms with Gasteiger partial charge in [0.2, 0.25) is 0 Å². The molecule has 0 spiro atoms. The predicted octanol–water partition coefficient (Wildman–Crippen LogP) is 2.54. The Morgan fingerprint density at radius 1 is 1.12 bits per heavy atom. The smallest absolute Gasteiger partial charge is 0.313 e. The largest absolute Gasteiger partial charge is 0.396 e. The van der Waals surface area contributed by atoms with Crippen molar-refractivity contribution in [1.82, 2.24) is 4.90 Å². The number of carbonyl (C=O) groups is 2. The fraction of sp³-hybridized carbons (Fsp3) is 0.368. The first-order chi connectivity index (χ1) is 11.7. The van der Waals surface area contributed by atoms with Crippen molar-refractivity contribution in [3.05, 3.63) is 42.5 Å². The van der Waals surface area contributed by atoms with Gasteiger partial charge < -0.3 is 15.3 Å². The topological polar surface area (TPSA) is 69.6 Å². The lowest BCUT2D eigenvalue weighted by Gasteiger charge is -2.35. The van der Waals surface area contributed by atoms with E-state index in [4.69, 9.17) is 0 Å². The number of amides is 2. The lowest BCUT2D eigenvalue weighted by Crippen LogP contribution is -2.48. The molecular formula is C19H22N2O3. The van der Waals surface area contributed by atoms with Gasteiger partial charge in [-0.1, -0.05) is 36.4 Å². The van der Waals surface area contributed by atoms with Gasteiger partial charge in [0.1, 0.15) is 0 Å². The first-order valence-corrected chi connectivity index (χ1v) is 8.41. The zero-order valence-electron chi connectivity index (χ0n) is 13.6. The highest BCUT2D eigenvalue weighted by atomic mass is 16.3. The molecule has 126 valence electrons. The van der Waals surface area contributed by atoms with Crippen LogP contribution in [0.15, 0.2) is 42.5 Å². The van der Waals surface area contributed by atoms with Crippen LogP contribution in [-0.4, -0.2) is 41.0 Å². The second kappa shape index (κ2) is 7.45. The zero-order valence-corrected chi connectivity index (χ0v) is 13.6. The Morgan fingerprint density at radius 3 is 2.75 bits per heavy atom. The minimum atomic E-state index is -0.615. The molecule has 24 heavy (non-hydrogen) atoms. The number of fused-ring (bicyclic) bond motifs is 1. The molecule has 1 heterocycles. The summed E-state index contributed by atoms with van der Waals surface area (Å²) in [6.07, 6.45) is 3.29. The van der Waals surface area contributed by atoms with Crippen molar-refractivity contribution in [1.29, 1.82) is 0 Å². The van der Waals surface area contributed by atoms with Gasteiger partial charge in [-0.15, -0.1) is 0 Å². The van der Waals surface area contributed by atoms with Gasteiger partial charge in [-0.2, -0.15) is 0 Å². The van der Waals surface area contributed by atoms with Crippen LogP contribution in [0, 0.1) is 0 Å². The van der Waals surface area contributed by atoms with E-state index in [-0.39, 0.29) is 12.6 Å². The number of piperidine rings is 1. The van der Waals surface area contributed by atoms with Gasteiger partial charge in [0.25, 0.3) is 0 Å². The SMILES string of the molecule is O=C(Nc1cccc2ccccc12)C(=O)N1CCCCC1CCO. The highest BCUT2D eigenvalue weighted by Gasteiger charge is 2.30. The van der Waals surface area contributed by atoms with Gasteiger partial charge in [0.15, 0.2) is 0 Å². The monoisotopic (exact) mass is 326 g/mol. The molecule has 0 aromatic heterocycles. The van der Waals surface area contributed by atoms with Gasteiger partial charge in [0.05, 0.1) is 0 Å². The Balaban J connectivity index is 1.77. The van der Waals surface area contributed by atoms with Crippen LogP contribution in [-0.2, 0) is 9.59 Å². The number of nitrogens with zero attached hydrogens (tertiary/aromatic N) is 1. The number of anilines is 1. The van der Waals surface area contributed by atoms with Crippen LogP contribution in [0.3, 0.4) is 0 Å². The van der Waals surface area contributed by atoms with Crippen molar-refractivity contribution in [3.8, 4) is 0 Å². The quantitative estimate of drug-likeness (QED) is 0.852. The second-order valence-corrected chi connectivity index (χ2v) is 6.14. The molecule has 2 aromatic carbocycles. The molecule has 2 aromatic rings. The molecule has 1 fully saturated rings. The average Bonchev–Trinajstić information content (AvgIpc) is 2.62. The third-order valence-corrected chi connectivity index (χ3v) is 4.58. The van der Waals surface area contributed by atoms with E-state index in [1.165, 1.54) is 0 Å². The fourth-order valence-electron chi connectivity index (χ4n) is 3.36. The van der Waals surface area contributed by atoms with Crippen LogP contribution in [0.2, 0.25) is 0 Å². The molecule has 2 amide bonds. The van der Waals surface area contributed by atoms with E-state index >= 15 is 0 Å². The standard InChI is InChI=1S/C19H22N2O3/c22-13-11-15-8-3-4-12-21(15)19(24)18(23)20-17-10-5-7-14-6-1-2-9-16(14)17/h1-2,5-7,9-10,15,22H,3-4,8,11-13H2,(H,20,23). The van der Waals surface area contributed by atoms with Crippen LogP contribution in [0.4, 0.5) is 5.69 Å². The molecule has 1 saturated heterocycles. The summed E-state index contributed by atoms with van der Waals surface area (Å²) in [5.74, 6) is -1.13. The van der Waals surface area contributed by atoms with E-state index in [1.807, 2.05) is 36.4 Å². The van der Waals surface area contributed by atoms with Gasteiger partial charge in [-0.3, -0.25) is 9.59 Å². The van der Waals surface area contributed by atoms with Crippen molar-refractivity contribution in [2.45, 2.75) is 31.7 Å². The molecule has 3 rings (SSSR count). The average molecular weight is 326 g/mol. The molecule has 0 saturated carbocycles. The maximum atomic E-state index is 12.6. The zero-order chi connectivity index (χ0) is 16.9. The molecule has 0 aliphatic carbocycles. The summed E-state index contributed by atoms with van der Waals surface area (Å²) >= 11 is 0. The van der Waals surface area contributed by atoms with Crippen LogP contribution >= 0.6 is 0 Å². The van der Waals surface area contributed by atoms with Gasteiger partial charge in [-0.25, -0.2) is 0 Å². The molecule has 1 atom stereocenters. The Labute approximate surface area is 141 Å². The van der Waals surface area contributed by atoms with Crippen LogP contribution in [0.25, 0.3) is 10.8 Å². The molecule has 1 aliphatic heterocycles. The molecule has 0 radical (unpaired) electrons. The van der Waals surface area contributed by atoms with Crippen molar-refractivity contribution < 1.29 is 14.7 Å². The molecule has 2 N–H and O–H groups in total. The summed E-state index contributed by atoms with van der Waals surface area (Å²) in [5.41, 5.74) is 0.641. The summed E-state index contributed by atoms with van der Waals surface area (Å²) in [6.45, 7) is 0.603. The summed E-state index contributed by atoms with van der Waals surface area (Å²) in [7, 11) is 0. The summed E-state index contributed by atoms with van der Waals surface area (Å²) in [5, 5.41) is 13.8. The minimum Gasteiger partial charge on any atom is -0.396 e. The molecular weight excluding hydrogens is 304 g/mol. The lowest BCUT2D eigenvalue weighted by molar-refractivity contribution is -0.146. The predicted molar refractivity (Wildman–Crippen MR) is 93.6 cm³/mol. The highest BCUT2D eigenvalue weighted by molar-refractivity contribution is 6.40. The Bertz CT molecular complexity index is 737. The molecule has 1 aliphatic rings. The Hall–Kier alpha value is -2.40. The maximum absolute atomic E-state index is 12.6. The third kappa shape index (κ3) is 3.41. The third-order valence-electron chi connectivity index (χ3n) is 4.58. The number of nitrogens with one attached hydrogen (secondary N) is 1. The van der Waals surface area contributed by atoms with E-state index in [2.05, 4.69) is 5.32 Å². The maximum Gasteiger partial charge on any atom is 0.313 e. The number of carbonyl (C=O) groups excluding carboxylic acids is 2. The minimum absolute atomic E-state index is 0.0272. The van der Waals surface area contributed by atoms with E-state index in [0.29, 0.717) is 18.7 Å². The Kier molecular flexibility index (Phi) is 5.11. The number of hydrogen-bond donors (Lipinski definition) is 2. The van der Waals surface area contributed by atoms with E-state index in [9.17, 15) is 14.7 Å². The fourth-order valence-corrected chi connectivity index (χ4v) is 3.36. The molecule has 1 unspecified atom stereocenters. The summed E-state index contributed by atoms with van der Waals surface area (Å²) in [4.78, 5) is 26.6. The van der Waals surface area contributed by atoms with Gasteiger partial charge in [-0.05, 0) is 37.1 Å². The van der Waals surface area contributed by atoms with Crippen molar-refractivity contribution in [3.63, 3.8) is 0 Å². The molecule has 5 nitrogen and oxygen atoms in total. The molecule has 0 bridgehead atoms. The van der Waals surface area contributed by atoms with Crippen LogP contribution in [0.1, 0.15) is 25.7 Å². The number of rotatable bonds is 3. The summed E-state index contributed by atoms with van der Waals surface area (Å²) in [6, 6.07) is 13.3. The van der Waals surface area contributed by atoms with Gasteiger partial charge >= 0.3 is 11.8 Å². The van der Waals surface area contributed by atoms with E-state index in [1.54, 1.807) is 11.0 Å². The van der Waals surface area contributed by atoms with E-state index in [0.717, 1.165) is 30.0 Å².